The first-order valence-electron chi connectivity index (χ1n) is 6.65. The first-order valence-corrected chi connectivity index (χ1v) is 6.65. The molecule has 0 saturated carbocycles. The first kappa shape index (κ1) is 15.0. The maximum Gasteiger partial charge on any atom is 0.157 e. The van der Waals surface area contributed by atoms with Gasteiger partial charge in [-0.1, -0.05) is 12.1 Å². The highest BCUT2D eigenvalue weighted by Crippen LogP contribution is 2.26. The van der Waals surface area contributed by atoms with E-state index >= 15 is 0 Å². The molecule has 0 aliphatic carbocycles. The van der Waals surface area contributed by atoms with Crippen LogP contribution in [-0.4, -0.2) is 33.6 Å². The molecule has 0 fully saturated rings. The first-order chi connectivity index (χ1) is 10.1. The van der Waals surface area contributed by atoms with E-state index in [1.165, 1.54) is 24.3 Å². The van der Waals surface area contributed by atoms with Crippen molar-refractivity contribution in [3.8, 4) is 23.0 Å². The van der Waals surface area contributed by atoms with Crippen molar-refractivity contribution in [1.82, 2.24) is 0 Å². The van der Waals surface area contributed by atoms with Crippen LogP contribution in [0.25, 0.3) is 0 Å². The van der Waals surface area contributed by atoms with Crippen LogP contribution in [0.4, 0.5) is 0 Å². The summed E-state index contributed by atoms with van der Waals surface area (Å²) >= 11 is 0. The van der Waals surface area contributed by atoms with Gasteiger partial charge in [0.05, 0.1) is 13.2 Å². The molecule has 0 saturated heterocycles. The summed E-state index contributed by atoms with van der Waals surface area (Å²) in [7, 11) is 0. The van der Waals surface area contributed by atoms with Crippen LogP contribution in [0.3, 0.4) is 0 Å². The topological polar surface area (TPSA) is 90.2 Å². The van der Waals surface area contributed by atoms with Crippen LogP contribution in [-0.2, 0) is 17.6 Å². The van der Waals surface area contributed by atoms with Crippen molar-refractivity contribution in [3.05, 3.63) is 47.5 Å². The van der Waals surface area contributed by atoms with Gasteiger partial charge in [0.25, 0.3) is 0 Å². The van der Waals surface area contributed by atoms with Crippen molar-refractivity contribution < 1.29 is 25.2 Å². The third-order valence-electron chi connectivity index (χ3n) is 3.15. The number of ether oxygens (including phenoxy) is 1. The Balaban J connectivity index is 1.72. The summed E-state index contributed by atoms with van der Waals surface area (Å²) in [6.07, 6.45) is 1.27. The van der Waals surface area contributed by atoms with E-state index in [1.54, 1.807) is 12.1 Å². The van der Waals surface area contributed by atoms with E-state index in [2.05, 4.69) is 0 Å². The Morgan fingerprint density at radius 1 is 0.619 bits per heavy atom. The number of hydrogen-bond donors (Lipinski definition) is 4. The average Bonchev–Trinajstić information content (AvgIpc) is 2.46. The minimum absolute atomic E-state index is 0.132. The Hall–Kier alpha value is -2.40. The number of phenolic OH excluding ortho intramolecular Hbond substituents is 4. The molecular weight excluding hydrogens is 272 g/mol. The van der Waals surface area contributed by atoms with Crippen LogP contribution in [0, 0.1) is 0 Å². The molecule has 0 radical (unpaired) electrons. The van der Waals surface area contributed by atoms with Gasteiger partial charge in [0.2, 0.25) is 0 Å². The fraction of sp³-hybridized carbons (Fsp3) is 0.250. The monoisotopic (exact) mass is 290 g/mol. The van der Waals surface area contributed by atoms with E-state index in [1.807, 2.05) is 0 Å². The van der Waals surface area contributed by atoms with Gasteiger partial charge in [-0.05, 0) is 48.2 Å². The van der Waals surface area contributed by atoms with E-state index in [0.717, 1.165) is 11.1 Å². The maximum absolute atomic E-state index is 9.36. The molecule has 0 heterocycles. The lowest BCUT2D eigenvalue weighted by Gasteiger charge is -2.06. The van der Waals surface area contributed by atoms with E-state index in [4.69, 9.17) is 4.74 Å². The summed E-state index contributed by atoms with van der Waals surface area (Å²) in [6.45, 7) is 0.989. The second kappa shape index (κ2) is 6.85. The van der Waals surface area contributed by atoms with Crippen molar-refractivity contribution in [2.45, 2.75) is 12.8 Å². The Morgan fingerprint density at radius 2 is 1.05 bits per heavy atom. The summed E-state index contributed by atoms with van der Waals surface area (Å²) in [5.74, 6) is -0.530. The van der Waals surface area contributed by atoms with Crippen LogP contribution in [0.15, 0.2) is 36.4 Å². The van der Waals surface area contributed by atoms with Crippen LogP contribution in [0.2, 0.25) is 0 Å². The number of benzene rings is 2. The van der Waals surface area contributed by atoms with Gasteiger partial charge in [0, 0.05) is 0 Å². The van der Waals surface area contributed by atoms with Crippen LogP contribution < -0.4 is 0 Å². The van der Waals surface area contributed by atoms with Gasteiger partial charge in [-0.2, -0.15) is 0 Å². The van der Waals surface area contributed by atoms with E-state index in [9.17, 15) is 20.4 Å². The van der Waals surface area contributed by atoms with Gasteiger partial charge in [0.15, 0.2) is 23.0 Å². The van der Waals surface area contributed by atoms with E-state index < -0.39 is 0 Å². The molecule has 5 heteroatoms. The third-order valence-corrected chi connectivity index (χ3v) is 3.15. The molecule has 0 bridgehead atoms. The van der Waals surface area contributed by atoms with Crippen molar-refractivity contribution >= 4 is 0 Å². The molecule has 2 rings (SSSR count). The smallest absolute Gasteiger partial charge is 0.157 e. The average molecular weight is 290 g/mol. The zero-order chi connectivity index (χ0) is 15.2. The van der Waals surface area contributed by atoms with Crippen LogP contribution in [0.1, 0.15) is 11.1 Å². The Kier molecular flexibility index (Phi) is 4.90. The van der Waals surface area contributed by atoms with Gasteiger partial charge in [-0.3, -0.25) is 0 Å². The van der Waals surface area contributed by atoms with E-state index in [0.29, 0.717) is 26.1 Å². The van der Waals surface area contributed by atoms with Gasteiger partial charge >= 0.3 is 0 Å². The van der Waals surface area contributed by atoms with Crippen LogP contribution >= 0.6 is 0 Å². The predicted octanol–water partition coefficient (Wildman–Crippen LogP) is 2.31. The number of hydrogen-bond acceptors (Lipinski definition) is 5. The SMILES string of the molecule is Oc1ccc(CCOCCc2ccc(O)c(O)c2)cc1O. The van der Waals surface area contributed by atoms with Crippen molar-refractivity contribution in [1.29, 1.82) is 0 Å². The summed E-state index contributed by atoms with van der Waals surface area (Å²) in [5, 5.41) is 37.1. The molecule has 0 aliphatic rings. The fourth-order valence-corrected chi connectivity index (χ4v) is 1.93. The lowest BCUT2D eigenvalue weighted by Crippen LogP contribution is -2.02. The molecule has 0 unspecified atom stereocenters. The number of phenols is 4. The predicted molar refractivity (Wildman–Crippen MR) is 77.8 cm³/mol. The van der Waals surface area contributed by atoms with Gasteiger partial charge in [-0.25, -0.2) is 0 Å². The number of rotatable bonds is 6. The molecule has 112 valence electrons. The van der Waals surface area contributed by atoms with Gasteiger partial charge < -0.3 is 25.2 Å². The summed E-state index contributed by atoms with van der Waals surface area (Å²) in [6, 6.07) is 9.38. The summed E-state index contributed by atoms with van der Waals surface area (Å²) in [5.41, 5.74) is 1.76. The quantitative estimate of drug-likeness (QED) is 0.484. The highest BCUT2D eigenvalue weighted by atomic mass is 16.5. The molecule has 0 aliphatic heterocycles. The minimum Gasteiger partial charge on any atom is -0.504 e. The molecule has 0 atom stereocenters. The zero-order valence-corrected chi connectivity index (χ0v) is 11.5. The molecule has 0 amide bonds. The summed E-state index contributed by atoms with van der Waals surface area (Å²) in [4.78, 5) is 0. The molecule has 2 aromatic carbocycles. The lowest BCUT2D eigenvalue weighted by atomic mass is 10.1. The van der Waals surface area contributed by atoms with Gasteiger partial charge in [0.1, 0.15) is 0 Å². The molecular formula is C16H18O5. The van der Waals surface area contributed by atoms with Crippen molar-refractivity contribution in [2.75, 3.05) is 13.2 Å². The highest BCUT2D eigenvalue weighted by Gasteiger charge is 2.02. The Morgan fingerprint density at radius 3 is 1.43 bits per heavy atom. The second-order valence-electron chi connectivity index (χ2n) is 4.76. The Bertz CT molecular complexity index is 556. The fourth-order valence-electron chi connectivity index (χ4n) is 1.93. The van der Waals surface area contributed by atoms with Crippen molar-refractivity contribution in [3.63, 3.8) is 0 Å². The molecule has 5 nitrogen and oxygen atoms in total. The highest BCUT2D eigenvalue weighted by molar-refractivity contribution is 5.41. The molecule has 2 aromatic rings. The molecule has 0 aromatic heterocycles. The summed E-state index contributed by atoms with van der Waals surface area (Å²) < 4.78 is 5.49. The molecule has 0 spiro atoms. The van der Waals surface area contributed by atoms with Crippen LogP contribution in [0.5, 0.6) is 23.0 Å². The van der Waals surface area contributed by atoms with Gasteiger partial charge in [-0.15, -0.1) is 0 Å². The normalized spacial score (nSPS) is 10.7. The molecule has 4 N–H and O–H groups in total. The minimum atomic E-state index is -0.133. The standard InChI is InChI=1S/C16H18O5/c17-13-3-1-11(9-15(13)19)5-7-21-8-6-12-2-4-14(18)16(20)10-12/h1-4,9-10,17-20H,5-8H2. The Labute approximate surface area is 122 Å². The third kappa shape index (κ3) is 4.29. The second-order valence-corrected chi connectivity index (χ2v) is 4.76. The number of aromatic hydroxyl groups is 4. The molecule has 21 heavy (non-hydrogen) atoms. The lowest BCUT2D eigenvalue weighted by molar-refractivity contribution is 0.140. The van der Waals surface area contributed by atoms with Crippen molar-refractivity contribution in [2.24, 2.45) is 0 Å². The largest absolute Gasteiger partial charge is 0.504 e. The maximum atomic E-state index is 9.36. The zero-order valence-electron chi connectivity index (χ0n) is 11.5. The van der Waals surface area contributed by atoms with E-state index in [-0.39, 0.29) is 23.0 Å².